The number of rotatable bonds is 3. The number of terminal acetylenes is 1. The van der Waals surface area contributed by atoms with Gasteiger partial charge in [0.15, 0.2) is 11.6 Å². The van der Waals surface area contributed by atoms with E-state index in [4.69, 9.17) is 35.7 Å². The zero-order valence-electron chi connectivity index (χ0n) is 13.4. The first-order chi connectivity index (χ1) is 12.3. The van der Waals surface area contributed by atoms with Crippen molar-refractivity contribution in [2.45, 2.75) is 0 Å². The summed E-state index contributed by atoms with van der Waals surface area (Å²) in [5, 5.41) is 10.7. The topological polar surface area (TPSA) is 79.7 Å². The molecule has 0 saturated heterocycles. The number of ether oxygens (including phenoxy) is 1. The average molecular weight is 418 g/mol. The summed E-state index contributed by atoms with van der Waals surface area (Å²) in [4.78, 5) is 3.71. The van der Waals surface area contributed by atoms with Crippen molar-refractivity contribution in [3.63, 3.8) is 0 Å². The Morgan fingerprint density at radius 1 is 1.48 bits per heavy atom. The highest BCUT2D eigenvalue weighted by Crippen LogP contribution is 2.49. The van der Waals surface area contributed by atoms with Crippen LogP contribution in [0.25, 0.3) is 10.7 Å². The van der Waals surface area contributed by atoms with Gasteiger partial charge < -0.3 is 9.84 Å². The number of methoxy groups -OCH3 is 1. The molecule has 2 heterocycles. The van der Waals surface area contributed by atoms with Crippen molar-refractivity contribution >= 4 is 61.0 Å². The van der Waals surface area contributed by atoms with Gasteiger partial charge in [-0.05, 0) is 12.1 Å². The van der Waals surface area contributed by atoms with Crippen molar-refractivity contribution in [1.82, 2.24) is 4.98 Å². The van der Waals surface area contributed by atoms with Gasteiger partial charge in [-0.1, -0.05) is 29.1 Å². The molecule has 0 unspecified atom stereocenters. The second kappa shape index (κ2) is 6.42. The van der Waals surface area contributed by atoms with Crippen molar-refractivity contribution in [3.05, 3.63) is 38.1 Å². The third-order valence-corrected chi connectivity index (χ3v) is 6.66. The molecule has 0 radical (unpaired) electrons. The SMILES string of the molecule is [2H]COc1c(Cl)ccc(Cl)c1C1=C(O)c2scnc2N(CC#C)S1(=O)=O. The number of aliphatic hydroxyl groups is 1. The van der Waals surface area contributed by atoms with Gasteiger partial charge in [-0.25, -0.2) is 17.7 Å². The van der Waals surface area contributed by atoms with Crippen LogP contribution in [0.15, 0.2) is 17.6 Å². The average Bonchev–Trinajstić information content (AvgIpc) is 3.07. The van der Waals surface area contributed by atoms with Crippen LogP contribution >= 0.6 is 34.5 Å². The number of sulfonamides is 1. The van der Waals surface area contributed by atoms with Crippen molar-refractivity contribution < 1.29 is 19.6 Å². The van der Waals surface area contributed by atoms with Crippen LogP contribution in [0.1, 0.15) is 11.8 Å². The van der Waals surface area contributed by atoms with Crippen molar-refractivity contribution in [2.75, 3.05) is 17.9 Å². The van der Waals surface area contributed by atoms with Crippen LogP contribution in [-0.2, 0) is 10.0 Å². The highest BCUT2D eigenvalue weighted by Gasteiger charge is 2.42. The van der Waals surface area contributed by atoms with Crippen LogP contribution in [0.3, 0.4) is 0 Å². The largest absolute Gasteiger partial charge is 0.505 e. The molecule has 10 heteroatoms. The van der Waals surface area contributed by atoms with Gasteiger partial charge in [0.05, 0.1) is 36.1 Å². The standard InChI is InChI=1S/C15H10Cl2N2O4S2/c1-3-6-19-15-13(24-7-18-15)11(20)14(25(19,21)22)10-8(16)4-5-9(17)12(10)23-2/h1,4-5,7,20H,6H2,2H3/i2D. The van der Waals surface area contributed by atoms with E-state index in [1.807, 2.05) is 0 Å². The van der Waals surface area contributed by atoms with E-state index < -0.39 is 27.8 Å². The third-order valence-electron chi connectivity index (χ3n) is 3.43. The maximum absolute atomic E-state index is 13.2. The van der Waals surface area contributed by atoms with E-state index >= 15 is 0 Å². The zero-order valence-corrected chi connectivity index (χ0v) is 15.5. The molecule has 1 aliphatic rings. The summed E-state index contributed by atoms with van der Waals surface area (Å²) in [5.41, 5.74) is 1.26. The monoisotopic (exact) mass is 417 g/mol. The molecule has 0 bridgehead atoms. The quantitative estimate of drug-likeness (QED) is 0.771. The van der Waals surface area contributed by atoms with Crippen LogP contribution < -0.4 is 9.04 Å². The maximum Gasteiger partial charge on any atom is 0.270 e. The Kier molecular flexibility index (Phi) is 4.25. The zero-order chi connectivity index (χ0) is 19.1. The van der Waals surface area contributed by atoms with E-state index in [1.54, 1.807) is 0 Å². The first kappa shape index (κ1) is 16.5. The molecule has 0 fully saturated rings. The fourth-order valence-corrected chi connectivity index (χ4v) is 5.42. The fourth-order valence-electron chi connectivity index (χ4n) is 2.41. The molecule has 1 aromatic heterocycles. The van der Waals surface area contributed by atoms with E-state index in [1.165, 1.54) is 17.6 Å². The minimum atomic E-state index is -4.31. The first-order valence-corrected chi connectivity index (χ1v) is 9.65. The minimum absolute atomic E-state index is 0.0170. The van der Waals surface area contributed by atoms with Crippen LogP contribution in [0.5, 0.6) is 5.75 Å². The Morgan fingerprint density at radius 2 is 2.20 bits per heavy atom. The number of thiazole rings is 1. The highest BCUT2D eigenvalue weighted by molar-refractivity contribution is 8.02. The minimum Gasteiger partial charge on any atom is -0.505 e. The lowest BCUT2D eigenvalue weighted by atomic mass is 10.1. The summed E-state index contributed by atoms with van der Waals surface area (Å²) in [7, 11) is -4.84. The summed E-state index contributed by atoms with van der Waals surface area (Å²) in [6, 6.07) is 2.78. The molecule has 0 saturated carbocycles. The lowest BCUT2D eigenvalue weighted by Crippen LogP contribution is -2.35. The number of fused-ring (bicyclic) bond motifs is 1. The van der Waals surface area contributed by atoms with Crippen LogP contribution in [0.4, 0.5) is 5.82 Å². The molecule has 3 rings (SSSR count). The van der Waals surface area contributed by atoms with Crippen LogP contribution in [-0.4, -0.2) is 32.1 Å². The summed E-state index contributed by atoms with van der Waals surface area (Å²) in [6.07, 6.45) is 5.30. The van der Waals surface area contributed by atoms with Gasteiger partial charge in [-0.3, -0.25) is 0 Å². The predicted octanol–water partition coefficient (Wildman–Crippen LogP) is 3.63. The Morgan fingerprint density at radius 3 is 2.88 bits per heavy atom. The van der Waals surface area contributed by atoms with E-state index in [0.29, 0.717) is 0 Å². The van der Waals surface area contributed by atoms with E-state index in [0.717, 1.165) is 15.6 Å². The van der Waals surface area contributed by atoms with Gasteiger partial charge in [-0.2, -0.15) is 0 Å². The number of nitrogens with zero attached hydrogens (tertiary/aromatic N) is 2. The van der Waals surface area contributed by atoms with Gasteiger partial charge in [-0.15, -0.1) is 17.8 Å². The Balaban J connectivity index is 2.40. The lowest BCUT2D eigenvalue weighted by molar-refractivity contribution is 0.413. The van der Waals surface area contributed by atoms with Gasteiger partial charge in [0.2, 0.25) is 0 Å². The molecule has 1 aromatic carbocycles. The number of aliphatic hydroxyl groups excluding tert-OH is 1. The number of halogens is 2. The number of anilines is 1. The van der Waals surface area contributed by atoms with E-state index in [2.05, 4.69) is 10.9 Å². The second-order valence-electron chi connectivity index (χ2n) is 4.78. The van der Waals surface area contributed by atoms with Gasteiger partial charge >= 0.3 is 0 Å². The molecule has 1 aliphatic heterocycles. The van der Waals surface area contributed by atoms with Gasteiger partial charge in [0.25, 0.3) is 10.0 Å². The van der Waals surface area contributed by atoms with E-state index in [9.17, 15) is 13.5 Å². The molecule has 0 amide bonds. The Labute approximate surface area is 159 Å². The Hall–Kier alpha value is -1.92. The summed E-state index contributed by atoms with van der Waals surface area (Å²) >= 11 is 13.3. The molecular weight excluding hydrogens is 407 g/mol. The fraction of sp³-hybridized carbons (Fsp3) is 0.133. The number of aromatic nitrogens is 1. The summed E-state index contributed by atoms with van der Waals surface area (Å²) < 4.78 is 39.7. The number of hydrogen-bond donors (Lipinski definition) is 1. The molecular formula is C15H10Cl2N2O4S2. The van der Waals surface area contributed by atoms with Gasteiger partial charge in [0, 0.05) is 0 Å². The first-order valence-electron chi connectivity index (χ1n) is 7.29. The van der Waals surface area contributed by atoms with Crippen molar-refractivity contribution in [2.24, 2.45) is 0 Å². The maximum atomic E-state index is 13.2. The molecule has 0 atom stereocenters. The second-order valence-corrected chi connectivity index (χ2v) is 8.24. The Bertz CT molecular complexity index is 1060. The molecule has 25 heavy (non-hydrogen) atoms. The van der Waals surface area contributed by atoms with Crippen molar-refractivity contribution in [3.8, 4) is 18.1 Å². The number of benzene rings is 1. The van der Waals surface area contributed by atoms with Crippen LogP contribution in [0.2, 0.25) is 10.0 Å². The smallest absolute Gasteiger partial charge is 0.270 e. The van der Waals surface area contributed by atoms with E-state index in [-0.39, 0.29) is 38.6 Å². The molecule has 130 valence electrons. The predicted molar refractivity (Wildman–Crippen MR) is 99.7 cm³/mol. The molecule has 1 N–H and O–H groups in total. The molecule has 0 aliphatic carbocycles. The normalized spacial score (nSPS) is 16.2. The van der Waals surface area contributed by atoms with Crippen molar-refractivity contribution in [1.29, 1.82) is 0 Å². The summed E-state index contributed by atoms with van der Waals surface area (Å²) in [6.45, 7) is -0.289. The summed E-state index contributed by atoms with van der Waals surface area (Å²) in [5.74, 6) is 1.65. The number of hydrogen-bond acceptors (Lipinski definition) is 6. The lowest BCUT2D eigenvalue weighted by Gasteiger charge is -2.28. The highest BCUT2D eigenvalue weighted by atomic mass is 35.5. The van der Waals surface area contributed by atoms with Gasteiger partial charge in [0.1, 0.15) is 15.5 Å². The third kappa shape index (κ3) is 2.64. The molecule has 0 spiro atoms. The molecule has 2 aromatic rings. The van der Waals surface area contributed by atoms with Crippen LogP contribution in [0, 0.1) is 12.3 Å². The molecule has 6 nitrogen and oxygen atoms in total.